The summed E-state index contributed by atoms with van der Waals surface area (Å²) in [7, 11) is 0. The number of fused-ring (bicyclic) bond motifs is 1. The van der Waals surface area contributed by atoms with E-state index in [1.54, 1.807) is 0 Å². The van der Waals surface area contributed by atoms with Gasteiger partial charge >= 0.3 is 0 Å². The zero-order valence-electron chi connectivity index (χ0n) is 13.8. The number of benzene rings is 3. The average molecular weight is 329 g/mol. The van der Waals surface area contributed by atoms with Crippen LogP contribution in [0.2, 0.25) is 0 Å². The van der Waals surface area contributed by atoms with Gasteiger partial charge in [0.05, 0.1) is 5.69 Å². The van der Waals surface area contributed by atoms with Crippen molar-refractivity contribution in [2.24, 2.45) is 5.84 Å². The van der Waals surface area contributed by atoms with E-state index in [0.29, 0.717) is 5.89 Å². The number of anilines is 1. The van der Waals surface area contributed by atoms with Gasteiger partial charge in [0.2, 0.25) is 5.89 Å². The molecule has 4 aromatic rings. The minimum absolute atomic E-state index is 0.604. The number of hydrazine groups is 1. The first kappa shape index (κ1) is 15.4. The van der Waals surface area contributed by atoms with Crippen LogP contribution < -0.4 is 11.3 Å². The third kappa shape index (κ3) is 3.25. The summed E-state index contributed by atoms with van der Waals surface area (Å²) in [5.74, 6) is 6.34. The van der Waals surface area contributed by atoms with Crippen LogP contribution in [0.4, 0.5) is 5.69 Å². The van der Waals surface area contributed by atoms with Gasteiger partial charge in [-0.05, 0) is 48.2 Å². The number of hydrogen-bond acceptors (Lipinski definition) is 4. The zero-order chi connectivity index (χ0) is 17.1. The third-order valence-corrected chi connectivity index (χ3v) is 4.33. The largest absolute Gasteiger partial charge is 0.436 e. The van der Waals surface area contributed by atoms with E-state index in [4.69, 9.17) is 10.3 Å². The number of nitrogens with zero attached hydrogens (tertiary/aromatic N) is 1. The Hall–Kier alpha value is -3.11. The van der Waals surface area contributed by atoms with Crippen LogP contribution in [0.3, 0.4) is 0 Å². The molecule has 4 rings (SSSR count). The van der Waals surface area contributed by atoms with Gasteiger partial charge in [-0.15, -0.1) is 0 Å². The number of para-hydroxylation sites is 2. The molecule has 0 spiro atoms. The predicted molar refractivity (Wildman–Crippen MR) is 101 cm³/mol. The molecule has 3 aromatic carbocycles. The van der Waals surface area contributed by atoms with Crippen molar-refractivity contribution < 1.29 is 4.42 Å². The number of aryl methyl sites for hydroxylation is 2. The first-order valence-electron chi connectivity index (χ1n) is 8.33. The van der Waals surface area contributed by atoms with Crippen LogP contribution in [-0.2, 0) is 12.8 Å². The maximum Gasteiger partial charge on any atom is 0.227 e. The summed E-state index contributed by atoms with van der Waals surface area (Å²) in [5.41, 5.74) is 8.74. The standard InChI is InChI=1S/C21H19N3O/c22-24-19-14-17(21-23-18-8-4-5-9-20(18)25-21)13-12-16(19)11-10-15-6-2-1-3-7-15/h1-9,12-14,24H,10-11,22H2. The fourth-order valence-corrected chi connectivity index (χ4v) is 2.98. The van der Waals surface area contributed by atoms with E-state index in [2.05, 4.69) is 40.7 Å². The van der Waals surface area contributed by atoms with Crippen molar-refractivity contribution in [3.8, 4) is 11.5 Å². The van der Waals surface area contributed by atoms with Crippen LogP contribution in [0.25, 0.3) is 22.6 Å². The molecular weight excluding hydrogens is 310 g/mol. The molecule has 25 heavy (non-hydrogen) atoms. The molecule has 0 saturated heterocycles. The molecule has 0 bridgehead atoms. The van der Waals surface area contributed by atoms with Crippen LogP contribution in [-0.4, -0.2) is 4.98 Å². The second-order valence-electron chi connectivity index (χ2n) is 5.99. The van der Waals surface area contributed by atoms with Gasteiger partial charge in [0, 0.05) is 5.56 Å². The number of aromatic nitrogens is 1. The molecule has 0 unspecified atom stereocenters. The van der Waals surface area contributed by atoms with E-state index in [0.717, 1.165) is 35.2 Å². The van der Waals surface area contributed by atoms with E-state index >= 15 is 0 Å². The molecule has 4 heteroatoms. The number of hydrogen-bond donors (Lipinski definition) is 2. The lowest BCUT2D eigenvalue weighted by molar-refractivity contribution is 0.620. The maximum atomic E-state index is 5.84. The van der Waals surface area contributed by atoms with Gasteiger partial charge in [-0.25, -0.2) is 4.98 Å². The van der Waals surface area contributed by atoms with Gasteiger partial charge in [0.15, 0.2) is 5.58 Å². The maximum absolute atomic E-state index is 5.84. The summed E-state index contributed by atoms with van der Waals surface area (Å²) in [6.07, 6.45) is 1.88. The van der Waals surface area contributed by atoms with E-state index in [9.17, 15) is 0 Å². The number of rotatable bonds is 5. The van der Waals surface area contributed by atoms with Crippen molar-refractivity contribution in [2.75, 3.05) is 5.43 Å². The minimum atomic E-state index is 0.604. The molecule has 0 aliphatic carbocycles. The molecular formula is C21H19N3O. The Balaban J connectivity index is 1.60. The highest BCUT2D eigenvalue weighted by Gasteiger charge is 2.10. The van der Waals surface area contributed by atoms with E-state index < -0.39 is 0 Å². The molecule has 0 fully saturated rings. The highest BCUT2D eigenvalue weighted by Crippen LogP contribution is 2.28. The molecule has 124 valence electrons. The van der Waals surface area contributed by atoms with Crippen molar-refractivity contribution in [1.29, 1.82) is 0 Å². The summed E-state index contributed by atoms with van der Waals surface area (Å²) in [5, 5.41) is 0. The molecule has 1 heterocycles. The van der Waals surface area contributed by atoms with Gasteiger partial charge in [-0.1, -0.05) is 48.5 Å². The van der Waals surface area contributed by atoms with Crippen molar-refractivity contribution >= 4 is 16.8 Å². The topological polar surface area (TPSA) is 64.1 Å². The van der Waals surface area contributed by atoms with Crippen LogP contribution >= 0.6 is 0 Å². The fraction of sp³-hybridized carbons (Fsp3) is 0.0952. The van der Waals surface area contributed by atoms with Crippen LogP contribution in [0.1, 0.15) is 11.1 Å². The predicted octanol–water partition coefficient (Wildman–Crippen LogP) is 4.57. The second kappa shape index (κ2) is 6.79. The molecule has 0 saturated carbocycles. The van der Waals surface area contributed by atoms with Crippen molar-refractivity contribution in [3.63, 3.8) is 0 Å². The summed E-state index contributed by atoms with van der Waals surface area (Å²) in [4.78, 5) is 4.55. The summed E-state index contributed by atoms with van der Waals surface area (Å²) in [6, 6.07) is 24.3. The molecule has 1 aromatic heterocycles. The average Bonchev–Trinajstić information content (AvgIpc) is 3.11. The molecule has 0 atom stereocenters. The Labute approximate surface area is 146 Å². The molecule has 0 aliphatic heterocycles. The lowest BCUT2D eigenvalue weighted by Gasteiger charge is -2.10. The molecule has 4 nitrogen and oxygen atoms in total. The smallest absolute Gasteiger partial charge is 0.227 e. The SMILES string of the molecule is NNc1cc(-c2nc3ccccc3o2)ccc1CCc1ccccc1. The normalized spacial score (nSPS) is 10.9. The Kier molecular flexibility index (Phi) is 4.19. The number of nitrogens with one attached hydrogen (secondary N) is 1. The van der Waals surface area contributed by atoms with Crippen molar-refractivity contribution in [3.05, 3.63) is 83.9 Å². The Morgan fingerprint density at radius 2 is 1.68 bits per heavy atom. The highest BCUT2D eigenvalue weighted by atomic mass is 16.3. The summed E-state index contributed by atoms with van der Waals surface area (Å²) < 4.78 is 5.84. The number of nitrogen functional groups attached to an aromatic ring is 1. The lowest BCUT2D eigenvalue weighted by atomic mass is 10.0. The summed E-state index contributed by atoms with van der Waals surface area (Å²) in [6.45, 7) is 0. The quantitative estimate of drug-likeness (QED) is 0.416. The van der Waals surface area contributed by atoms with Gasteiger partial charge in [-0.2, -0.15) is 0 Å². The minimum Gasteiger partial charge on any atom is -0.436 e. The van der Waals surface area contributed by atoms with E-state index in [1.165, 1.54) is 11.1 Å². The Bertz CT molecular complexity index is 959. The van der Waals surface area contributed by atoms with Crippen LogP contribution in [0.5, 0.6) is 0 Å². The van der Waals surface area contributed by atoms with Crippen LogP contribution in [0, 0.1) is 0 Å². The summed E-state index contributed by atoms with van der Waals surface area (Å²) >= 11 is 0. The lowest BCUT2D eigenvalue weighted by Crippen LogP contribution is -2.10. The van der Waals surface area contributed by atoms with E-state index in [1.807, 2.05) is 42.5 Å². The van der Waals surface area contributed by atoms with Gasteiger partial charge in [-0.3, -0.25) is 5.84 Å². The Morgan fingerprint density at radius 1 is 0.880 bits per heavy atom. The van der Waals surface area contributed by atoms with Crippen molar-refractivity contribution in [2.45, 2.75) is 12.8 Å². The number of nitrogens with two attached hydrogens (primary N) is 1. The molecule has 0 amide bonds. The third-order valence-electron chi connectivity index (χ3n) is 4.33. The molecule has 0 radical (unpaired) electrons. The fourth-order valence-electron chi connectivity index (χ4n) is 2.98. The van der Waals surface area contributed by atoms with Crippen LogP contribution in [0.15, 0.2) is 77.2 Å². The highest BCUT2D eigenvalue weighted by molar-refractivity contribution is 5.77. The zero-order valence-corrected chi connectivity index (χ0v) is 13.8. The monoisotopic (exact) mass is 329 g/mol. The van der Waals surface area contributed by atoms with Gasteiger partial charge in [0.1, 0.15) is 5.52 Å². The Morgan fingerprint density at radius 3 is 2.48 bits per heavy atom. The van der Waals surface area contributed by atoms with Gasteiger partial charge in [0.25, 0.3) is 0 Å². The first-order valence-corrected chi connectivity index (χ1v) is 8.33. The first-order chi connectivity index (χ1) is 12.3. The second-order valence-corrected chi connectivity index (χ2v) is 5.99. The van der Waals surface area contributed by atoms with Gasteiger partial charge < -0.3 is 9.84 Å². The van der Waals surface area contributed by atoms with E-state index in [-0.39, 0.29) is 0 Å². The molecule has 0 aliphatic rings. The van der Waals surface area contributed by atoms with Crippen molar-refractivity contribution in [1.82, 2.24) is 4.98 Å². The number of oxazole rings is 1. The molecule has 3 N–H and O–H groups in total.